The molecule has 0 aliphatic rings. The van der Waals surface area contributed by atoms with Crippen LogP contribution in [0.3, 0.4) is 0 Å². The van der Waals surface area contributed by atoms with Gasteiger partial charge in [-0.15, -0.1) is 0 Å². The number of rotatable bonds is 6. The van der Waals surface area contributed by atoms with E-state index in [1.54, 1.807) is 27.7 Å². The topological polar surface area (TPSA) is 105 Å². The number of hydrogen-bond acceptors (Lipinski definition) is 4. The van der Waals surface area contributed by atoms with E-state index in [1.807, 2.05) is 0 Å². The van der Waals surface area contributed by atoms with Crippen molar-refractivity contribution in [1.29, 1.82) is 0 Å². The predicted molar refractivity (Wildman–Crippen MR) is 73.3 cm³/mol. The molecule has 2 unspecified atom stereocenters. The lowest BCUT2D eigenvalue weighted by Crippen LogP contribution is -2.52. The normalized spacial score (nSPS) is 14.1. The van der Waals surface area contributed by atoms with Crippen LogP contribution in [0.5, 0.6) is 0 Å². The number of carboxylic acid groups (broad SMARTS) is 1. The summed E-state index contributed by atoms with van der Waals surface area (Å²) in [7, 11) is 0. The first-order valence-electron chi connectivity index (χ1n) is 6.53. The summed E-state index contributed by atoms with van der Waals surface area (Å²) in [5, 5.41) is 14.0. The van der Waals surface area contributed by atoms with Gasteiger partial charge in [-0.05, 0) is 27.2 Å². The molecule has 0 heterocycles. The van der Waals surface area contributed by atoms with Crippen LogP contribution >= 0.6 is 0 Å². The average Bonchev–Trinajstić information content (AvgIpc) is 2.20. The third-order valence-electron chi connectivity index (χ3n) is 2.41. The molecule has 0 aromatic rings. The fourth-order valence-electron chi connectivity index (χ4n) is 1.69. The Morgan fingerprint density at radius 1 is 1.15 bits per heavy atom. The van der Waals surface area contributed by atoms with Crippen molar-refractivity contribution < 1.29 is 24.2 Å². The first kappa shape index (κ1) is 18.2. The van der Waals surface area contributed by atoms with E-state index in [4.69, 9.17) is 9.84 Å². The number of carbonyl (C=O) groups excluding carboxylic acids is 2. The number of ether oxygens (including phenoxy) is 1. The second-order valence-electron chi connectivity index (χ2n) is 5.57. The van der Waals surface area contributed by atoms with Gasteiger partial charge in [0.2, 0.25) is 5.91 Å². The summed E-state index contributed by atoms with van der Waals surface area (Å²) in [6.45, 7) is 8.29. The molecule has 0 aromatic carbocycles. The molecule has 0 aliphatic heterocycles. The predicted octanol–water partition coefficient (Wildman–Crippen LogP) is 1.27. The Hall–Kier alpha value is -1.79. The van der Waals surface area contributed by atoms with Crippen LogP contribution < -0.4 is 10.6 Å². The molecule has 0 spiro atoms. The molecular formula is C13H24N2O5. The molecule has 0 radical (unpaired) electrons. The smallest absolute Gasteiger partial charge is 0.407 e. The van der Waals surface area contributed by atoms with Crippen LogP contribution in [0.2, 0.25) is 0 Å². The van der Waals surface area contributed by atoms with Crippen LogP contribution in [0, 0.1) is 0 Å². The standard InChI is InChI=1S/C13H24N2O5/c1-6-9(15-12(19)20-13(3,4)5)10(7-11(17)18)14-8(2)16/h9-10H,6-7H2,1-5H3,(H,14,16)(H,15,19)(H,17,18). The van der Waals surface area contributed by atoms with Crippen molar-refractivity contribution in [3.63, 3.8) is 0 Å². The summed E-state index contributed by atoms with van der Waals surface area (Å²) in [5.74, 6) is -1.39. The molecule has 0 saturated heterocycles. The van der Waals surface area contributed by atoms with E-state index >= 15 is 0 Å². The van der Waals surface area contributed by atoms with Crippen LogP contribution in [-0.2, 0) is 14.3 Å². The van der Waals surface area contributed by atoms with Gasteiger partial charge in [0.1, 0.15) is 5.60 Å². The highest BCUT2D eigenvalue weighted by atomic mass is 16.6. The van der Waals surface area contributed by atoms with Gasteiger partial charge in [-0.3, -0.25) is 9.59 Å². The molecule has 7 heteroatoms. The number of amides is 2. The zero-order valence-electron chi connectivity index (χ0n) is 12.6. The maximum atomic E-state index is 11.7. The summed E-state index contributed by atoms with van der Waals surface area (Å²) in [6, 6.07) is -1.19. The summed E-state index contributed by atoms with van der Waals surface area (Å²) < 4.78 is 5.12. The van der Waals surface area contributed by atoms with Gasteiger partial charge in [-0.2, -0.15) is 0 Å². The van der Waals surface area contributed by atoms with Crippen molar-refractivity contribution >= 4 is 18.0 Å². The molecule has 0 saturated carbocycles. The Morgan fingerprint density at radius 2 is 1.70 bits per heavy atom. The fraction of sp³-hybridized carbons (Fsp3) is 0.769. The van der Waals surface area contributed by atoms with Crippen molar-refractivity contribution in [2.24, 2.45) is 0 Å². The first-order chi connectivity index (χ1) is 9.05. The minimum atomic E-state index is -1.05. The van der Waals surface area contributed by atoms with E-state index in [2.05, 4.69) is 10.6 Å². The molecule has 2 atom stereocenters. The highest BCUT2D eigenvalue weighted by Gasteiger charge is 2.27. The zero-order chi connectivity index (χ0) is 15.9. The van der Waals surface area contributed by atoms with Crippen molar-refractivity contribution in [2.75, 3.05) is 0 Å². The second-order valence-corrected chi connectivity index (χ2v) is 5.57. The molecule has 2 amide bonds. The SMILES string of the molecule is CCC(NC(=O)OC(C)(C)C)C(CC(=O)O)NC(C)=O. The summed E-state index contributed by atoms with van der Waals surface area (Å²) in [6.07, 6.45) is -0.434. The van der Waals surface area contributed by atoms with Gasteiger partial charge in [0, 0.05) is 6.92 Å². The molecular weight excluding hydrogens is 264 g/mol. The Morgan fingerprint density at radius 3 is 2.05 bits per heavy atom. The molecule has 0 bridgehead atoms. The van der Waals surface area contributed by atoms with E-state index < -0.39 is 29.7 Å². The van der Waals surface area contributed by atoms with E-state index in [9.17, 15) is 14.4 Å². The first-order valence-corrected chi connectivity index (χ1v) is 6.53. The third kappa shape index (κ3) is 8.34. The second kappa shape index (κ2) is 7.72. The molecule has 0 aliphatic carbocycles. The van der Waals surface area contributed by atoms with Crippen LogP contribution in [0.25, 0.3) is 0 Å². The van der Waals surface area contributed by atoms with Gasteiger partial charge >= 0.3 is 12.1 Å². The zero-order valence-corrected chi connectivity index (χ0v) is 12.6. The third-order valence-corrected chi connectivity index (χ3v) is 2.41. The minimum Gasteiger partial charge on any atom is -0.481 e. The Balaban J connectivity index is 4.76. The van der Waals surface area contributed by atoms with Crippen LogP contribution in [0.1, 0.15) is 47.5 Å². The van der Waals surface area contributed by atoms with Gasteiger partial charge in [0.25, 0.3) is 0 Å². The van der Waals surface area contributed by atoms with Crippen LogP contribution in [0.15, 0.2) is 0 Å². The number of carbonyl (C=O) groups is 3. The Kier molecular flexibility index (Phi) is 7.02. The molecule has 20 heavy (non-hydrogen) atoms. The van der Waals surface area contributed by atoms with Gasteiger partial charge in [0.15, 0.2) is 0 Å². The Bertz CT molecular complexity index is 346. The number of hydrogen-bond donors (Lipinski definition) is 3. The molecule has 0 aromatic heterocycles. The van der Waals surface area contributed by atoms with Crippen molar-refractivity contribution in [3.8, 4) is 0 Å². The Labute approximate surface area is 119 Å². The number of aliphatic carboxylic acids is 1. The largest absolute Gasteiger partial charge is 0.481 e. The van der Waals surface area contributed by atoms with Crippen LogP contribution in [0.4, 0.5) is 4.79 Å². The monoisotopic (exact) mass is 288 g/mol. The molecule has 3 N–H and O–H groups in total. The number of alkyl carbamates (subject to hydrolysis) is 1. The van der Waals surface area contributed by atoms with Crippen LogP contribution in [-0.4, -0.2) is 40.8 Å². The lowest BCUT2D eigenvalue weighted by atomic mass is 10.0. The van der Waals surface area contributed by atoms with Crippen molar-refractivity contribution in [2.45, 2.75) is 65.1 Å². The molecule has 0 fully saturated rings. The highest BCUT2D eigenvalue weighted by molar-refractivity contribution is 5.75. The highest BCUT2D eigenvalue weighted by Crippen LogP contribution is 2.09. The lowest BCUT2D eigenvalue weighted by Gasteiger charge is -2.28. The lowest BCUT2D eigenvalue weighted by molar-refractivity contribution is -0.138. The summed E-state index contributed by atoms with van der Waals surface area (Å²) in [5.41, 5.74) is -0.640. The maximum absolute atomic E-state index is 11.7. The molecule has 7 nitrogen and oxygen atoms in total. The van der Waals surface area contributed by atoms with Gasteiger partial charge < -0.3 is 20.5 Å². The quantitative estimate of drug-likeness (QED) is 0.682. The van der Waals surface area contributed by atoms with Crippen molar-refractivity contribution in [3.05, 3.63) is 0 Å². The van der Waals surface area contributed by atoms with E-state index in [1.165, 1.54) is 6.92 Å². The van der Waals surface area contributed by atoms with E-state index in [0.29, 0.717) is 6.42 Å². The number of nitrogens with one attached hydrogen (secondary N) is 2. The molecule has 0 rings (SSSR count). The van der Waals surface area contributed by atoms with Crippen molar-refractivity contribution in [1.82, 2.24) is 10.6 Å². The average molecular weight is 288 g/mol. The maximum Gasteiger partial charge on any atom is 0.407 e. The fourth-order valence-corrected chi connectivity index (χ4v) is 1.69. The van der Waals surface area contributed by atoms with Gasteiger partial charge in [-0.25, -0.2) is 4.79 Å². The number of carboxylic acids is 1. The molecule has 116 valence electrons. The summed E-state index contributed by atoms with van der Waals surface area (Å²) >= 11 is 0. The van der Waals surface area contributed by atoms with Gasteiger partial charge in [0.05, 0.1) is 18.5 Å². The minimum absolute atomic E-state index is 0.270. The van der Waals surface area contributed by atoms with Gasteiger partial charge in [-0.1, -0.05) is 6.92 Å². The van der Waals surface area contributed by atoms with E-state index in [-0.39, 0.29) is 12.3 Å². The summed E-state index contributed by atoms with van der Waals surface area (Å²) in [4.78, 5) is 33.7. The van der Waals surface area contributed by atoms with E-state index in [0.717, 1.165) is 0 Å².